The normalized spacial score (nSPS) is 29.9. The summed E-state index contributed by atoms with van der Waals surface area (Å²) in [5.74, 6) is 1.76. The lowest BCUT2D eigenvalue weighted by atomic mass is 9.88. The molecule has 1 aromatic rings. The van der Waals surface area contributed by atoms with Gasteiger partial charge in [-0.3, -0.25) is 14.8 Å². The van der Waals surface area contributed by atoms with Gasteiger partial charge in [-0.05, 0) is 76.2 Å². The number of hydrogen-bond donors (Lipinski definition) is 1. The second-order valence-corrected chi connectivity index (χ2v) is 9.38. The third-order valence-electron chi connectivity index (χ3n) is 6.70. The van der Waals surface area contributed by atoms with E-state index in [1.54, 1.807) is 0 Å². The van der Waals surface area contributed by atoms with Crippen LogP contribution in [0.2, 0.25) is 0 Å². The first kappa shape index (κ1) is 22.3. The van der Waals surface area contributed by atoms with Gasteiger partial charge in [-0.1, -0.05) is 6.07 Å². The van der Waals surface area contributed by atoms with Crippen LogP contribution in [0, 0.1) is 5.92 Å². The molecule has 3 aliphatic heterocycles. The molecule has 0 amide bonds. The second-order valence-electron chi connectivity index (χ2n) is 8.40. The van der Waals surface area contributed by atoms with Gasteiger partial charge in [-0.2, -0.15) is 0 Å². The van der Waals surface area contributed by atoms with E-state index in [0.717, 1.165) is 31.6 Å². The molecule has 7 heteroatoms. The van der Waals surface area contributed by atoms with Crippen LogP contribution < -0.4 is 5.32 Å². The van der Waals surface area contributed by atoms with Crippen molar-refractivity contribution < 1.29 is 0 Å². The number of rotatable bonds is 4. The average Bonchev–Trinajstić information content (AvgIpc) is 3.43. The Bertz CT molecular complexity index is 616. The molecular weight excluding hydrogens is 481 g/mol. The van der Waals surface area contributed by atoms with E-state index in [1.165, 1.54) is 56.6 Å². The molecule has 0 bridgehead atoms. The highest BCUT2D eigenvalue weighted by molar-refractivity contribution is 14.0. The number of hydrogen-bond acceptors (Lipinski definition) is 4. The molecule has 5 nitrogen and oxygen atoms in total. The molecule has 3 unspecified atom stereocenters. The molecule has 0 saturated carbocycles. The maximum Gasteiger partial charge on any atom is 0.193 e. The van der Waals surface area contributed by atoms with Gasteiger partial charge in [0.1, 0.15) is 0 Å². The Hall–Kier alpha value is -0.380. The van der Waals surface area contributed by atoms with Gasteiger partial charge >= 0.3 is 0 Å². The molecule has 4 heterocycles. The monoisotopic (exact) mass is 517 g/mol. The first-order valence-corrected chi connectivity index (χ1v) is 11.6. The minimum Gasteiger partial charge on any atom is -0.356 e. The highest BCUT2D eigenvalue weighted by atomic mass is 127. The molecule has 3 atom stereocenters. The van der Waals surface area contributed by atoms with Crippen molar-refractivity contribution in [2.24, 2.45) is 10.9 Å². The number of piperidine rings is 1. The first-order valence-electron chi connectivity index (χ1n) is 10.7. The van der Waals surface area contributed by atoms with E-state index < -0.39 is 0 Å². The van der Waals surface area contributed by atoms with Crippen molar-refractivity contribution in [2.75, 3.05) is 53.4 Å². The number of nitrogens with one attached hydrogen (secondary N) is 1. The number of thiophene rings is 1. The van der Waals surface area contributed by atoms with Crippen LogP contribution in [0.5, 0.6) is 0 Å². The summed E-state index contributed by atoms with van der Waals surface area (Å²) in [6, 6.07) is 5.76. The standard InChI is InChI=1S/C21H35N5S.HI/c1-22-21(26-13-9-18(16-26)25-11-3-4-12-25)23-15-17-7-5-10-24(2)20(17)19-8-6-14-27-19;/h6,8,14,17-18,20H,3-5,7,9-13,15-16H2,1-2H3,(H,22,23);1H. The summed E-state index contributed by atoms with van der Waals surface area (Å²) < 4.78 is 0. The van der Waals surface area contributed by atoms with Gasteiger partial charge < -0.3 is 10.2 Å². The van der Waals surface area contributed by atoms with Crippen LogP contribution in [0.4, 0.5) is 0 Å². The molecule has 3 fully saturated rings. The average molecular weight is 518 g/mol. The number of likely N-dealkylation sites (tertiary alicyclic amines) is 3. The summed E-state index contributed by atoms with van der Waals surface area (Å²) in [5.41, 5.74) is 0. The quantitative estimate of drug-likeness (QED) is 0.377. The molecular formula is C21H36IN5S. The van der Waals surface area contributed by atoms with Crippen LogP contribution in [-0.4, -0.2) is 80.1 Å². The molecule has 1 aromatic heterocycles. The van der Waals surface area contributed by atoms with Crippen molar-refractivity contribution in [1.29, 1.82) is 0 Å². The molecule has 1 N–H and O–H groups in total. The molecule has 0 aromatic carbocycles. The molecule has 3 aliphatic rings. The zero-order chi connectivity index (χ0) is 18.6. The van der Waals surface area contributed by atoms with E-state index in [0.29, 0.717) is 12.0 Å². The van der Waals surface area contributed by atoms with Gasteiger partial charge in [0.15, 0.2) is 5.96 Å². The number of guanidine groups is 1. The van der Waals surface area contributed by atoms with E-state index >= 15 is 0 Å². The SMILES string of the molecule is CN=C(NCC1CCCN(C)C1c1cccs1)N1CCC(N2CCCC2)C1.I. The van der Waals surface area contributed by atoms with Crippen molar-refractivity contribution in [2.45, 2.75) is 44.2 Å². The predicted octanol–water partition coefficient (Wildman–Crippen LogP) is 3.49. The summed E-state index contributed by atoms with van der Waals surface area (Å²) in [6.45, 7) is 7.09. The number of aliphatic imine (C=N–C) groups is 1. The third-order valence-corrected chi connectivity index (χ3v) is 7.64. The Balaban J connectivity index is 0.00000225. The Morgan fingerprint density at radius 1 is 1.18 bits per heavy atom. The van der Waals surface area contributed by atoms with Crippen LogP contribution in [-0.2, 0) is 0 Å². The van der Waals surface area contributed by atoms with E-state index in [-0.39, 0.29) is 24.0 Å². The van der Waals surface area contributed by atoms with Gasteiger partial charge in [0.2, 0.25) is 0 Å². The van der Waals surface area contributed by atoms with Gasteiger partial charge in [-0.15, -0.1) is 35.3 Å². The molecule has 0 radical (unpaired) electrons. The van der Waals surface area contributed by atoms with Gasteiger partial charge in [0, 0.05) is 43.6 Å². The lowest BCUT2D eigenvalue weighted by molar-refractivity contribution is 0.124. The summed E-state index contributed by atoms with van der Waals surface area (Å²) in [4.78, 5) is 13.9. The first-order chi connectivity index (χ1) is 13.3. The van der Waals surface area contributed by atoms with E-state index in [1.807, 2.05) is 18.4 Å². The Morgan fingerprint density at radius 3 is 2.71 bits per heavy atom. The molecule has 4 rings (SSSR count). The zero-order valence-electron chi connectivity index (χ0n) is 17.3. The van der Waals surface area contributed by atoms with Crippen molar-refractivity contribution >= 4 is 41.3 Å². The fraction of sp³-hybridized carbons (Fsp3) is 0.762. The summed E-state index contributed by atoms with van der Waals surface area (Å²) in [5, 5.41) is 5.95. The highest BCUT2D eigenvalue weighted by Crippen LogP contribution is 2.36. The lowest BCUT2D eigenvalue weighted by Crippen LogP contribution is -2.46. The molecule has 0 spiro atoms. The second kappa shape index (κ2) is 10.6. The number of halogens is 1. The number of nitrogens with zero attached hydrogens (tertiary/aromatic N) is 4. The lowest BCUT2D eigenvalue weighted by Gasteiger charge is -2.39. The van der Waals surface area contributed by atoms with E-state index in [2.05, 4.69) is 49.6 Å². The zero-order valence-corrected chi connectivity index (χ0v) is 20.5. The van der Waals surface area contributed by atoms with Gasteiger partial charge in [0.25, 0.3) is 0 Å². The van der Waals surface area contributed by atoms with Gasteiger partial charge in [0.05, 0.1) is 0 Å². The third kappa shape index (κ3) is 5.02. The summed E-state index contributed by atoms with van der Waals surface area (Å²) >= 11 is 1.90. The van der Waals surface area contributed by atoms with Crippen molar-refractivity contribution in [3.63, 3.8) is 0 Å². The van der Waals surface area contributed by atoms with Crippen LogP contribution in [0.3, 0.4) is 0 Å². The van der Waals surface area contributed by atoms with Gasteiger partial charge in [-0.25, -0.2) is 0 Å². The van der Waals surface area contributed by atoms with E-state index in [9.17, 15) is 0 Å². The predicted molar refractivity (Wildman–Crippen MR) is 130 cm³/mol. The topological polar surface area (TPSA) is 34.1 Å². The largest absolute Gasteiger partial charge is 0.356 e. The molecule has 158 valence electrons. The van der Waals surface area contributed by atoms with Crippen LogP contribution >= 0.6 is 35.3 Å². The Morgan fingerprint density at radius 2 is 2.00 bits per heavy atom. The van der Waals surface area contributed by atoms with Crippen LogP contribution in [0.25, 0.3) is 0 Å². The maximum atomic E-state index is 4.62. The smallest absolute Gasteiger partial charge is 0.193 e. The summed E-state index contributed by atoms with van der Waals surface area (Å²) in [6.07, 6.45) is 6.63. The fourth-order valence-electron chi connectivity index (χ4n) is 5.28. The maximum absolute atomic E-state index is 4.62. The highest BCUT2D eigenvalue weighted by Gasteiger charge is 2.33. The molecule has 28 heavy (non-hydrogen) atoms. The van der Waals surface area contributed by atoms with E-state index in [4.69, 9.17) is 0 Å². The Labute approximate surface area is 191 Å². The minimum atomic E-state index is 0. The Kier molecular flexibility index (Phi) is 8.44. The van der Waals surface area contributed by atoms with Crippen LogP contribution in [0.15, 0.2) is 22.5 Å². The molecule has 0 aliphatic carbocycles. The van der Waals surface area contributed by atoms with Crippen molar-refractivity contribution in [1.82, 2.24) is 20.0 Å². The van der Waals surface area contributed by atoms with Crippen molar-refractivity contribution in [3.8, 4) is 0 Å². The molecule has 3 saturated heterocycles. The van der Waals surface area contributed by atoms with Crippen LogP contribution in [0.1, 0.15) is 43.0 Å². The summed E-state index contributed by atoms with van der Waals surface area (Å²) in [7, 11) is 4.22. The fourth-order valence-corrected chi connectivity index (χ4v) is 6.26. The van der Waals surface area contributed by atoms with Crippen molar-refractivity contribution in [3.05, 3.63) is 22.4 Å². The minimum absolute atomic E-state index is 0.